The first kappa shape index (κ1) is 21.6. The maximum atomic E-state index is 10.5. The minimum absolute atomic E-state index is 0.349. The third kappa shape index (κ3) is 7.03. The molecule has 0 spiro atoms. The molecule has 0 unspecified atom stereocenters. The molecule has 0 amide bonds. The minimum atomic E-state index is -0.455. The van der Waals surface area contributed by atoms with Gasteiger partial charge in [-0.3, -0.25) is 0 Å². The van der Waals surface area contributed by atoms with E-state index in [1.165, 1.54) is 58.0 Å². The van der Waals surface area contributed by atoms with Gasteiger partial charge in [-0.25, -0.2) is 0 Å². The number of rotatable bonds is 11. The quantitative estimate of drug-likeness (QED) is 0.570. The number of ether oxygens (including phenoxy) is 1. The van der Waals surface area contributed by atoms with Crippen molar-refractivity contribution in [1.82, 2.24) is 15.1 Å². The number of aliphatic hydroxyl groups is 1. The zero-order chi connectivity index (χ0) is 19.6. The monoisotopic (exact) mass is 389 g/mol. The Morgan fingerprint density at radius 3 is 2.68 bits per heavy atom. The molecular weight excluding hydrogens is 350 g/mol. The van der Waals surface area contributed by atoms with Crippen LogP contribution in [0.3, 0.4) is 0 Å². The van der Waals surface area contributed by atoms with Crippen LogP contribution in [0.25, 0.3) is 0 Å². The zero-order valence-corrected chi connectivity index (χ0v) is 17.6. The van der Waals surface area contributed by atoms with E-state index in [1.807, 2.05) is 12.1 Å². The van der Waals surface area contributed by atoms with Crippen molar-refractivity contribution in [3.05, 3.63) is 29.8 Å². The molecule has 158 valence electrons. The van der Waals surface area contributed by atoms with Crippen molar-refractivity contribution in [3.63, 3.8) is 0 Å². The minimum Gasteiger partial charge on any atom is -0.491 e. The van der Waals surface area contributed by atoms with Crippen LogP contribution in [0.5, 0.6) is 5.75 Å². The lowest BCUT2D eigenvalue weighted by atomic mass is 9.94. The van der Waals surface area contributed by atoms with E-state index in [0.717, 1.165) is 30.9 Å². The number of hydrogen-bond donors (Lipinski definition) is 2. The predicted molar refractivity (Wildman–Crippen MR) is 115 cm³/mol. The summed E-state index contributed by atoms with van der Waals surface area (Å²) in [5.74, 6) is 0.885. The van der Waals surface area contributed by atoms with Crippen molar-refractivity contribution >= 4 is 0 Å². The Balaban J connectivity index is 1.38. The summed E-state index contributed by atoms with van der Waals surface area (Å²) < 4.78 is 5.99. The van der Waals surface area contributed by atoms with Crippen LogP contribution in [0.1, 0.15) is 50.5 Å². The average Bonchev–Trinajstić information content (AvgIpc) is 3.24. The van der Waals surface area contributed by atoms with Crippen LogP contribution in [0.2, 0.25) is 0 Å². The molecule has 0 radical (unpaired) electrons. The molecule has 1 aromatic rings. The molecule has 1 aliphatic heterocycles. The summed E-state index contributed by atoms with van der Waals surface area (Å²) >= 11 is 0. The first-order valence-electron chi connectivity index (χ1n) is 11.2. The van der Waals surface area contributed by atoms with Gasteiger partial charge in [0.1, 0.15) is 18.5 Å². The van der Waals surface area contributed by atoms with Crippen LogP contribution in [-0.4, -0.2) is 73.4 Å². The molecule has 1 saturated heterocycles. The highest BCUT2D eigenvalue weighted by Gasteiger charge is 2.20. The highest BCUT2D eigenvalue weighted by Crippen LogP contribution is 2.22. The summed E-state index contributed by atoms with van der Waals surface area (Å²) in [6, 6.07) is 8.80. The number of hydrogen-bond acceptors (Lipinski definition) is 5. The van der Waals surface area contributed by atoms with Crippen LogP contribution in [0, 0.1) is 0 Å². The van der Waals surface area contributed by atoms with E-state index in [0.29, 0.717) is 19.2 Å². The van der Waals surface area contributed by atoms with Crippen molar-refractivity contribution in [2.45, 2.75) is 63.6 Å². The van der Waals surface area contributed by atoms with Gasteiger partial charge >= 0.3 is 0 Å². The van der Waals surface area contributed by atoms with Gasteiger partial charge in [0.2, 0.25) is 0 Å². The number of aliphatic hydroxyl groups excluding tert-OH is 1. The second-order valence-electron chi connectivity index (χ2n) is 8.53. The summed E-state index contributed by atoms with van der Waals surface area (Å²) in [4.78, 5) is 4.84. The highest BCUT2D eigenvalue weighted by molar-refractivity contribution is 5.33. The number of para-hydroxylation sites is 1. The molecule has 3 rings (SSSR count). The molecule has 1 aromatic carbocycles. The van der Waals surface area contributed by atoms with E-state index in [2.05, 4.69) is 34.3 Å². The topological polar surface area (TPSA) is 48.0 Å². The standard InChI is InChI=1S/C23H39N3O2/c1-25(21-10-3-2-4-11-21)18-22(27)19-28-23-12-6-5-9-20(23)17-24-13-16-26-14-7-8-15-26/h5-6,9,12,21-22,24,27H,2-4,7-8,10-11,13-19H2,1H3/t22-/m1/s1. The van der Waals surface area contributed by atoms with Gasteiger partial charge in [0.15, 0.2) is 0 Å². The van der Waals surface area contributed by atoms with Crippen LogP contribution in [0.15, 0.2) is 24.3 Å². The Hall–Kier alpha value is -1.14. The Morgan fingerprint density at radius 2 is 1.89 bits per heavy atom. The van der Waals surface area contributed by atoms with Gasteiger partial charge in [0, 0.05) is 37.8 Å². The molecule has 0 aromatic heterocycles. The maximum Gasteiger partial charge on any atom is 0.123 e. The first-order chi connectivity index (χ1) is 13.7. The van der Waals surface area contributed by atoms with Crippen LogP contribution >= 0.6 is 0 Å². The van der Waals surface area contributed by atoms with Crippen LogP contribution < -0.4 is 10.1 Å². The summed E-state index contributed by atoms with van der Waals surface area (Å²) in [6.45, 7) is 6.45. The molecule has 1 heterocycles. The summed E-state index contributed by atoms with van der Waals surface area (Å²) in [6.07, 6.45) is 8.75. The van der Waals surface area contributed by atoms with Crippen molar-refractivity contribution in [1.29, 1.82) is 0 Å². The van der Waals surface area contributed by atoms with E-state index in [4.69, 9.17) is 4.74 Å². The van der Waals surface area contributed by atoms with E-state index < -0.39 is 6.10 Å². The molecular formula is C23H39N3O2. The van der Waals surface area contributed by atoms with E-state index in [9.17, 15) is 5.11 Å². The number of nitrogens with zero attached hydrogens (tertiary/aromatic N) is 2. The third-order valence-electron chi connectivity index (χ3n) is 6.22. The molecule has 1 atom stereocenters. The molecule has 2 N–H and O–H groups in total. The fourth-order valence-electron chi connectivity index (χ4n) is 4.50. The van der Waals surface area contributed by atoms with Crippen molar-refractivity contribution in [2.24, 2.45) is 0 Å². The molecule has 5 heteroatoms. The first-order valence-corrected chi connectivity index (χ1v) is 11.2. The normalized spacial score (nSPS) is 20.0. The number of likely N-dealkylation sites (tertiary alicyclic amines) is 1. The van der Waals surface area contributed by atoms with E-state index in [1.54, 1.807) is 0 Å². The lowest BCUT2D eigenvalue weighted by molar-refractivity contribution is 0.0558. The predicted octanol–water partition coefficient (Wildman–Crippen LogP) is 2.88. The Morgan fingerprint density at radius 1 is 1.14 bits per heavy atom. The van der Waals surface area contributed by atoms with Gasteiger partial charge in [-0.05, 0) is 51.9 Å². The van der Waals surface area contributed by atoms with Gasteiger partial charge in [-0.1, -0.05) is 37.5 Å². The average molecular weight is 390 g/mol. The third-order valence-corrected chi connectivity index (χ3v) is 6.22. The molecule has 2 aliphatic rings. The molecule has 0 bridgehead atoms. The Bertz CT molecular complexity index is 557. The summed E-state index contributed by atoms with van der Waals surface area (Å²) in [5.41, 5.74) is 1.16. The summed E-state index contributed by atoms with van der Waals surface area (Å²) in [5, 5.41) is 14.0. The van der Waals surface area contributed by atoms with E-state index in [-0.39, 0.29) is 0 Å². The number of likely N-dealkylation sites (N-methyl/N-ethyl adjacent to an activating group) is 1. The maximum absolute atomic E-state index is 10.5. The number of nitrogens with one attached hydrogen (secondary N) is 1. The van der Waals surface area contributed by atoms with E-state index >= 15 is 0 Å². The fourth-order valence-corrected chi connectivity index (χ4v) is 4.50. The van der Waals surface area contributed by atoms with Crippen LogP contribution in [0.4, 0.5) is 0 Å². The van der Waals surface area contributed by atoms with Crippen molar-refractivity contribution < 1.29 is 9.84 Å². The van der Waals surface area contributed by atoms with Crippen LogP contribution in [-0.2, 0) is 6.54 Å². The van der Waals surface area contributed by atoms with Gasteiger partial charge in [0.25, 0.3) is 0 Å². The Kier molecular flexibility index (Phi) is 9.06. The van der Waals surface area contributed by atoms with Crippen molar-refractivity contribution in [3.8, 4) is 5.75 Å². The molecule has 2 fully saturated rings. The molecule has 1 aliphatic carbocycles. The second-order valence-corrected chi connectivity index (χ2v) is 8.53. The van der Waals surface area contributed by atoms with Crippen molar-refractivity contribution in [2.75, 3.05) is 46.4 Å². The second kappa shape index (κ2) is 11.8. The molecule has 28 heavy (non-hydrogen) atoms. The number of benzene rings is 1. The zero-order valence-electron chi connectivity index (χ0n) is 17.6. The van der Waals surface area contributed by atoms with Gasteiger partial charge < -0.3 is 25.0 Å². The van der Waals surface area contributed by atoms with Gasteiger partial charge in [0.05, 0.1) is 0 Å². The molecule has 1 saturated carbocycles. The fraction of sp³-hybridized carbons (Fsp3) is 0.739. The molecule has 5 nitrogen and oxygen atoms in total. The summed E-state index contributed by atoms with van der Waals surface area (Å²) in [7, 11) is 2.14. The SMILES string of the molecule is CN(C[C@@H](O)COc1ccccc1CNCCN1CCCC1)C1CCCCC1. The smallest absolute Gasteiger partial charge is 0.123 e. The Labute approximate surface area is 171 Å². The largest absolute Gasteiger partial charge is 0.491 e. The van der Waals surface area contributed by atoms with Gasteiger partial charge in [-0.15, -0.1) is 0 Å². The lowest BCUT2D eigenvalue weighted by Crippen LogP contribution is -2.40. The lowest BCUT2D eigenvalue weighted by Gasteiger charge is -2.32. The highest BCUT2D eigenvalue weighted by atomic mass is 16.5. The van der Waals surface area contributed by atoms with Gasteiger partial charge in [-0.2, -0.15) is 0 Å².